The highest BCUT2D eigenvalue weighted by molar-refractivity contribution is 5.23. The van der Waals surface area contributed by atoms with Crippen LogP contribution < -0.4 is 5.73 Å². The lowest BCUT2D eigenvalue weighted by Gasteiger charge is -2.00. The van der Waals surface area contributed by atoms with Gasteiger partial charge in [0.15, 0.2) is 0 Å². The van der Waals surface area contributed by atoms with E-state index in [1.165, 1.54) is 0 Å². The molecule has 0 aliphatic heterocycles. The summed E-state index contributed by atoms with van der Waals surface area (Å²) < 4.78 is 34.1. The smallest absolute Gasteiger partial charge is 0.327 e. The maximum atomic E-state index is 11.4. The van der Waals surface area contributed by atoms with Crippen LogP contribution in [-0.4, -0.2) is 12.2 Å². The molecule has 2 N–H and O–H groups in total. The Balaban J connectivity index is 2.39. The third kappa shape index (κ3) is 0.940. The molecule has 1 fully saturated rings. The molecule has 0 heterocycles. The second kappa shape index (κ2) is 1.37. The molecule has 0 aromatic carbocycles. The standard InChI is InChI=1S/C4H5F3N/c5-4(6,7)2-1-3(2)8/h3H,1,8H2. The minimum Gasteiger partial charge on any atom is -0.327 e. The highest BCUT2D eigenvalue weighted by Crippen LogP contribution is 2.45. The van der Waals surface area contributed by atoms with Gasteiger partial charge in [-0.05, 0) is 6.42 Å². The van der Waals surface area contributed by atoms with Crippen molar-refractivity contribution in [2.45, 2.75) is 18.6 Å². The Morgan fingerprint density at radius 1 is 1.50 bits per heavy atom. The van der Waals surface area contributed by atoms with Gasteiger partial charge in [-0.3, -0.25) is 0 Å². The van der Waals surface area contributed by atoms with E-state index in [0.29, 0.717) is 0 Å². The van der Waals surface area contributed by atoms with Crippen molar-refractivity contribution in [1.82, 2.24) is 0 Å². The maximum Gasteiger partial charge on any atom is 0.396 e. The topological polar surface area (TPSA) is 26.0 Å². The zero-order valence-electron chi connectivity index (χ0n) is 4.00. The second-order valence-electron chi connectivity index (χ2n) is 1.83. The van der Waals surface area contributed by atoms with E-state index >= 15 is 0 Å². The highest BCUT2D eigenvalue weighted by Gasteiger charge is 2.54. The molecular weight excluding hydrogens is 119 g/mol. The number of halogens is 3. The van der Waals surface area contributed by atoms with E-state index in [1.807, 2.05) is 0 Å². The molecule has 0 spiro atoms. The fraction of sp³-hybridized carbons (Fsp3) is 0.750. The van der Waals surface area contributed by atoms with Gasteiger partial charge in [-0.1, -0.05) is 0 Å². The predicted molar refractivity (Wildman–Crippen MR) is 21.9 cm³/mol. The number of rotatable bonds is 0. The Morgan fingerprint density at radius 3 is 1.88 bits per heavy atom. The molecule has 1 aliphatic rings. The minimum atomic E-state index is -4.13. The minimum absolute atomic E-state index is 0.0312. The van der Waals surface area contributed by atoms with Crippen molar-refractivity contribution >= 4 is 0 Å². The summed E-state index contributed by atoms with van der Waals surface area (Å²) in [6.07, 6.45) is -4.09. The van der Waals surface area contributed by atoms with Gasteiger partial charge >= 0.3 is 6.18 Å². The van der Waals surface area contributed by atoms with Crippen LogP contribution >= 0.6 is 0 Å². The molecule has 0 aromatic rings. The summed E-state index contributed by atoms with van der Waals surface area (Å²) in [7, 11) is 0. The van der Waals surface area contributed by atoms with Crippen LogP contribution in [0.3, 0.4) is 0 Å². The van der Waals surface area contributed by atoms with Crippen molar-refractivity contribution in [3.05, 3.63) is 5.92 Å². The van der Waals surface area contributed by atoms with Crippen LogP contribution in [-0.2, 0) is 0 Å². The van der Waals surface area contributed by atoms with E-state index in [9.17, 15) is 13.2 Å². The summed E-state index contributed by atoms with van der Waals surface area (Å²) in [6, 6.07) is -0.699. The lowest BCUT2D eigenvalue weighted by Crippen LogP contribution is -2.15. The van der Waals surface area contributed by atoms with Gasteiger partial charge in [0.05, 0.1) is 5.92 Å². The number of hydrogen-bond donors (Lipinski definition) is 1. The van der Waals surface area contributed by atoms with Gasteiger partial charge in [-0.25, -0.2) is 0 Å². The predicted octanol–water partition coefficient (Wildman–Crippen LogP) is 0.854. The van der Waals surface area contributed by atoms with E-state index in [2.05, 4.69) is 0 Å². The molecular formula is C4H5F3N. The Kier molecular flexibility index (Phi) is 1.01. The quantitative estimate of drug-likeness (QED) is 0.509. The molecule has 0 bridgehead atoms. The van der Waals surface area contributed by atoms with Crippen molar-refractivity contribution < 1.29 is 13.2 Å². The molecule has 4 heteroatoms. The van der Waals surface area contributed by atoms with E-state index in [-0.39, 0.29) is 6.42 Å². The highest BCUT2D eigenvalue weighted by atomic mass is 19.4. The molecule has 1 atom stereocenters. The van der Waals surface area contributed by atoms with Crippen LogP contribution in [0.2, 0.25) is 0 Å². The van der Waals surface area contributed by atoms with Crippen LogP contribution in [0, 0.1) is 5.92 Å². The molecule has 8 heavy (non-hydrogen) atoms. The van der Waals surface area contributed by atoms with Crippen LogP contribution in [0.1, 0.15) is 6.42 Å². The number of hydrogen-bond acceptors (Lipinski definition) is 1. The molecule has 0 saturated heterocycles. The first kappa shape index (κ1) is 5.88. The summed E-state index contributed by atoms with van der Waals surface area (Å²) in [5.41, 5.74) is 4.90. The zero-order valence-corrected chi connectivity index (χ0v) is 4.00. The lowest BCUT2D eigenvalue weighted by molar-refractivity contribution is -0.102. The van der Waals surface area contributed by atoms with Crippen LogP contribution in [0.4, 0.5) is 13.2 Å². The average molecular weight is 124 g/mol. The fourth-order valence-corrected chi connectivity index (χ4v) is 0.504. The van der Waals surface area contributed by atoms with Gasteiger partial charge in [0.2, 0.25) is 0 Å². The van der Waals surface area contributed by atoms with Crippen molar-refractivity contribution in [3.8, 4) is 0 Å². The lowest BCUT2D eigenvalue weighted by atomic mass is 10.4. The third-order valence-corrected chi connectivity index (χ3v) is 1.09. The largest absolute Gasteiger partial charge is 0.396 e. The van der Waals surface area contributed by atoms with Crippen molar-refractivity contribution in [2.75, 3.05) is 0 Å². The number of nitrogens with two attached hydrogens (primary N) is 1. The maximum absolute atomic E-state index is 11.4. The molecule has 0 aromatic heterocycles. The Hall–Kier alpha value is -0.250. The van der Waals surface area contributed by atoms with Crippen molar-refractivity contribution in [1.29, 1.82) is 0 Å². The Morgan fingerprint density at radius 2 is 1.88 bits per heavy atom. The Bertz CT molecular complexity index is 97.9. The first-order valence-corrected chi connectivity index (χ1v) is 2.20. The SMILES string of the molecule is NC1C[C]1C(F)(F)F. The van der Waals surface area contributed by atoms with Gasteiger partial charge in [-0.2, -0.15) is 13.2 Å². The summed E-state index contributed by atoms with van der Waals surface area (Å²) in [4.78, 5) is 0. The van der Waals surface area contributed by atoms with Crippen LogP contribution in [0.25, 0.3) is 0 Å². The average Bonchev–Trinajstić information content (AvgIpc) is 2.13. The first-order valence-electron chi connectivity index (χ1n) is 2.20. The van der Waals surface area contributed by atoms with E-state index in [4.69, 9.17) is 5.73 Å². The van der Waals surface area contributed by atoms with E-state index < -0.39 is 18.1 Å². The molecule has 1 rings (SSSR count). The summed E-state index contributed by atoms with van der Waals surface area (Å²) in [6.45, 7) is 0. The molecule has 0 amide bonds. The molecule has 1 unspecified atom stereocenters. The van der Waals surface area contributed by atoms with Crippen molar-refractivity contribution in [2.24, 2.45) is 5.73 Å². The van der Waals surface area contributed by atoms with Gasteiger partial charge in [0, 0.05) is 6.04 Å². The second-order valence-corrected chi connectivity index (χ2v) is 1.83. The van der Waals surface area contributed by atoms with Crippen LogP contribution in [0.15, 0.2) is 0 Å². The van der Waals surface area contributed by atoms with Crippen molar-refractivity contribution in [3.63, 3.8) is 0 Å². The van der Waals surface area contributed by atoms with E-state index in [0.717, 1.165) is 0 Å². The summed E-state index contributed by atoms with van der Waals surface area (Å²) in [5.74, 6) is -0.475. The first-order chi connectivity index (χ1) is 3.52. The van der Waals surface area contributed by atoms with Gasteiger partial charge in [0.25, 0.3) is 0 Å². The fourth-order valence-electron chi connectivity index (χ4n) is 0.504. The molecule has 1 aliphatic carbocycles. The monoisotopic (exact) mass is 124 g/mol. The molecule has 1 nitrogen and oxygen atoms in total. The Labute approximate surface area is 44.7 Å². The van der Waals surface area contributed by atoms with Gasteiger partial charge in [-0.15, -0.1) is 0 Å². The van der Waals surface area contributed by atoms with Crippen LogP contribution in [0.5, 0.6) is 0 Å². The zero-order chi connectivity index (χ0) is 6.36. The molecule has 1 radical (unpaired) electrons. The number of alkyl halides is 3. The third-order valence-electron chi connectivity index (χ3n) is 1.09. The molecule has 1 saturated carbocycles. The van der Waals surface area contributed by atoms with Gasteiger partial charge in [0.1, 0.15) is 0 Å². The molecule has 47 valence electrons. The van der Waals surface area contributed by atoms with Gasteiger partial charge < -0.3 is 5.73 Å². The van der Waals surface area contributed by atoms with E-state index in [1.54, 1.807) is 0 Å². The summed E-state index contributed by atoms with van der Waals surface area (Å²) >= 11 is 0. The normalized spacial score (nSPS) is 30.8. The summed E-state index contributed by atoms with van der Waals surface area (Å²) in [5, 5.41) is 0.